The third-order valence-corrected chi connectivity index (χ3v) is 19.1. The van der Waals surface area contributed by atoms with Gasteiger partial charge in [-0.15, -0.1) is 0 Å². The Kier molecular flexibility index (Phi) is 34.4. The van der Waals surface area contributed by atoms with Crippen molar-refractivity contribution in [2.75, 3.05) is 82.5 Å². The minimum absolute atomic E-state index is 0. The third-order valence-electron chi connectivity index (χ3n) is 18.6. The standard InChI is InChI=1S/C21H21N3O2.2C20H19N3O2.C16H11BrN2O2.C6H12.CH3F.CH4O.CH4.Na.H2O/c1-26-21(25)16-10-11-17-18(14-16)22-19(15-8-4-2-5-9-15)20(23-17)24-12-6-3-7-13-24;2*24-20(25)15-9-10-16-17(13-15)21-18(14-7-3-1-4-8-14)19(22-16)23-11-5-2-6-12-23;1-21-16(20)11-7-8-12-13(9-11)18-14(15(17)19-12)10-5-3-2-4-6-10;1-2-4-6-5-3-1;2*1-2;;;/h2,4-5,8-11,14H,3,6-7,12-13H2,1H3;2*1,3-4,7-10,13H,2,5-6,11-12H2,(H,24,25);2-9H,1H3;1-6H2;1H3;2H,1H3;1H4;;1H2/q;;;;;;;;+1;/p-1/i;;;;;1D;;;;. The molecule has 0 amide bonds. The first-order valence-electron chi connectivity index (χ1n) is 36.8. The Morgan fingerprint density at radius 1 is 0.364 bits per heavy atom. The van der Waals surface area contributed by atoms with E-state index in [1.54, 1.807) is 66.7 Å². The summed E-state index contributed by atoms with van der Waals surface area (Å²) in [4.78, 5) is 91.0. The van der Waals surface area contributed by atoms with E-state index in [2.05, 4.69) is 40.6 Å². The molecular formula is C86H94BrFN11NaO10. The zero-order chi connectivity index (χ0) is 76.2. The smallest absolute Gasteiger partial charge is 0.870 e. The molecule has 0 radical (unpaired) electrons. The van der Waals surface area contributed by atoms with Gasteiger partial charge in [-0.3, -0.25) is 4.39 Å². The van der Waals surface area contributed by atoms with E-state index in [9.17, 15) is 33.8 Å². The molecule has 0 atom stereocenters. The molecule has 4 aliphatic rings. The molecule has 12 aromatic rings. The van der Waals surface area contributed by atoms with Crippen LogP contribution in [0.5, 0.6) is 0 Å². The van der Waals surface area contributed by atoms with Gasteiger partial charge in [0.2, 0.25) is 0 Å². The zero-order valence-corrected chi connectivity index (χ0v) is 65.5. The number of carboxylic acids is 2. The summed E-state index contributed by atoms with van der Waals surface area (Å²) in [5.74, 6) is 0.0465. The number of rotatable bonds is 11. The van der Waals surface area contributed by atoms with Gasteiger partial charge in [0.05, 0.1) is 89.1 Å². The predicted molar refractivity (Wildman–Crippen MR) is 434 cm³/mol. The number of piperidine rings is 3. The summed E-state index contributed by atoms with van der Waals surface area (Å²) in [6, 6.07) is 60.1. The molecule has 4 N–H and O–H groups in total. The van der Waals surface area contributed by atoms with Crippen LogP contribution in [0.1, 0.15) is 147 Å². The van der Waals surface area contributed by atoms with Crippen molar-refractivity contribution < 1.29 is 84.8 Å². The predicted octanol–water partition coefficient (Wildman–Crippen LogP) is 15.9. The number of aromatic carboxylic acids is 2. The van der Waals surface area contributed by atoms with E-state index in [-0.39, 0.29) is 65.5 Å². The van der Waals surface area contributed by atoms with Gasteiger partial charge < -0.3 is 45.0 Å². The van der Waals surface area contributed by atoms with Crippen LogP contribution >= 0.6 is 15.9 Å². The molecule has 110 heavy (non-hydrogen) atoms. The molecule has 3 aliphatic heterocycles. The van der Waals surface area contributed by atoms with Crippen LogP contribution in [0, 0.1) is 0 Å². The fourth-order valence-corrected chi connectivity index (χ4v) is 13.6. The summed E-state index contributed by atoms with van der Waals surface area (Å²) in [6.07, 6.45) is 19.8. The minimum Gasteiger partial charge on any atom is -0.870 e. The summed E-state index contributed by atoms with van der Waals surface area (Å²) in [7, 11) is 2.74. The summed E-state index contributed by atoms with van der Waals surface area (Å²) < 4.78 is 25.7. The topological polar surface area (TPSA) is 290 Å². The molecular weight excluding hydrogens is 1470 g/mol. The van der Waals surface area contributed by atoms with Crippen molar-refractivity contribution >= 4 is 101 Å². The molecule has 1 saturated carbocycles. The monoisotopic (exact) mass is 1560 g/mol. The number of aliphatic hydroxyl groups excluding tert-OH is 1. The van der Waals surface area contributed by atoms with Crippen LogP contribution in [0.25, 0.3) is 89.2 Å². The van der Waals surface area contributed by atoms with Gasteiger partial charge in [-0.05, 0) is 147 Å². The first kappa shape index (κ1) is 85.3. The van der Waals surface area contributed by atoms with Gasteiger partial charge in [-0.2, -0.15) is 0 Å². The maximum atomic E-state index is 11.8. The van der Waals surface area contributed by atoms with Crippen molar-refractivity contribution in [3.8, 4) is 45.0 Å². The van der Waals surface area contributed by atoms with E-state index in [0.29, 0.717) is 43.3 Å². The third kappa shape index (κ3) is 22.9. The Morgan fingerprint density at radius 3 is 0.855 bits per heavy atom. The van der Waals surface area contributed by atoms with Crippen LogP contribution in [0.2, 0.25) is 0 Å². The van der Waals surface area contributed by atoms with E-state index >= 15 is 0 Å². The van der Waals surface area contributed by atoms with Gasteiger partial charge in [0.25, 0.3) is 0 Å². The molecule has 21 nitrogen and oxygen atoms in total. The number of ether oxygens (including phenoxy) is 2. The summed E-state index contributed by atoms with van der Waals surface area (Å²) in [5, 5.41) is 25.5. The number of aromatic nitrogens is 8. The van der Waals surface area contributed by atoms with Crippen molar-refractivity contribution in [3.63, 3.8) is 0 Å². The first-order chi connectivity index (χ1) is 52.8. The Labute approximate surface area is 673 Å². The zero-order valence-electron chi connectivity index (χ0n) is 62.9. The van der Waals surface area contributed by atoms with Crippen molar-refractivity contribution in [1.29, 1.82) is 0 Å². The second kappa shape index (κ2) is 44.4. The molecule has 0 spiro atoms. The molecule has 7 heterocycles. The number of hydrogen-bond donors (Lipinski definition) is 3. The van der Waals surface area contributed by atoms with E-state index in [4.69, 9.17) is 45.9 Å². The van der Waals surface area contributed by atoms with Gasteiger partial charge in [-0.1, -0.05) is 167 Å². The number of esters is 2. The maximum Gasteiger partial charge on any atom is 1.00 e. The molecule has 3 saturated heterocycles. The second-order valence-corrected chi connectivity index (χ2v) is 26.4. The number of carbonyl (C=O) groups excluding carboxylic acids is 2. The van der Waals surface area contributed by atoms with E-state index in [0.717, 1.165) is 151 Å². The van der Waals surface area contributed by atoms with Crippen LogP contribution in [-0.4, -0.2) is 152 Å². The number of alkyl halides is 1. The molecule has 8 aromatic carbocycles. The van der Waals surface area contributed by atoms with Gasteiger partial charge >= 0.3 is 53.4 Å². The van der Waals surface area contributed by atoms with Crippen LogP contribution in [0.3, 0.4) is 0 Å². The number of aliphatic hydroxyl groups is 1. The van der Waals surface area contributed by atoms with Gasteiger partial charge in [0.1, 0.15) is 27.4 Å². The van der Waals surface area contributed by atoms with Crippen molar-refractivity contribution in [2.24, 2.45) is 0 Å². The number of methoxy groups -OCH3 is 2. The molecule has 24 heteroatoms. The van der Waals surface area contributed by atoms with Gasteiger partial charge in [0.15, 0.2) is 17.5 Å². The number of carboxylic acid groups (broad SMARTS) is 2. The number of hydrogen-bond acceptors (Lipinski definition) is 19. The van der Waals surface area contributed by atoms with E-state index < -0.39 is 19.1 Å². The summed E-state index contributed by atoms with van der Waals surface area (Å²) in [6.45, 7) is 5.92. The van der Waals surface area contributed by atoms with E-state index in [1.165, 1.54) is 84.8 Å². The Bertz CT molecular complexity index is 4810. The molecule has 0 unspecified atom stereocenters. The number of carbonyl (C=O) groups is 4. The maximum absolute atomic E-state index is 11.8. The quantitative estimate of drug-likeness (QED) is 0.0801. The van der Waals surface area contributed by atoms with Crippen LogP contribution < -0.4 is 44.3 Å². The number of nitrogens with zero attached hydrogens (tertiary/aromatic N) is 11. The largest absolute Gasteiger partial charge is 1.00 e. The Morgan fingerprint density at radius 2 is 0.591 bits per heavy atom. The Balaban J connectivity index is 0.000000195. The molecule has 568 valence electrons. The van der Waals surface area contributed by atoms with Crippen molar-refractivity contribution in [2.45, 2.75) is 104 Å². The summed E-state index contributed by atoms with van der Waals surface area (Å²) >= 11 is 3.45. The first-order valence-corrected chi connectivity index (χ1v) is 36.9. The summed E-state index contributed by atoms with van der Waals surface area (Å²) in [5.41, 5.74) is 14.2. The van der Waals surface area contributed by atoms with Crippen molar-refractivity contribution in [3.05, 3.63) is 221 Å². The number of anilines is 3. The second-order valence-electron chi connectivity index (χ2n) is 25.7. The van der Waals surface area contributed by atoms with Gasteiger partial charge in [0, 0.05) is 68.6 Å². The van der Waals surface area contributed by atoms with Crippen LogP contribution in [-0.2, 0) is 9.47 Å². The average molecular weight is 1560 g/mol. The van der Waals surface area contributed by atoms with E-state index in [1.807, 2.05) is 127 Å². The normalized spacial score (nSPS) is 13.6. The molecule has 4 aromatic heterocycles. The Hall–Kier alpha value is -10.3. The fraction of sp³-hybridized carbons (Fsp3) is 0.302. The number of halogens is 2. The average Bonchev–Trinajstić information content (AvgIpc) is 0.791. The molecule has 4 fully saturated rings. The van der Waals surface area contributed by atoms with Crippen LogP contribution in [0.15, 0.2) is 199 Å². The SMILES string of the molecule is C.C1CCCCC1.CO.COC(=O)c1ccc2nc(Br)c(-c3ccccc3)nc2c1.COC(=O)c1ccc2nc(N3CCCCC3)c(-c3ccccc3)nc2c1.O=C(O)c1ccc2nc(N3CCCCC3)c(-c3ccccc3)nc2c1.O=C(O)c1ccc2nc(N3CCCCC3)c(-c3ccccc3)nc2c1.[2H]CF.[Na+].[OH-]. The number of fused-ring (bicyclic) bond motifs is 4. The fourth-order valence-electron chi connectivity index (χ4n) is 13.1. The minimum atomic E-state index is -1.00. The van der Waals surface area contributed by atoms with Crippen LogP contribution in [0.4, 0.5) is 21.8 Å². The van der Waals surface area contributed by atoms with Gasteiger partial charge in [-0.25, -0.2) is 59.0 Å². The molecule has 16 rings (SSSR count). The molecule has 1 aliphatic carbocycles. The molecule has 0 bridgehead atoms. The number of benzene rings is 8. The van der Waals surface area contributed by atoms with Crippen molar-refractivity contribution in [1.82, 2.24) is 39.9 Å².